The van der Waals surface area contributed by atoms with Crippen LogP contribution in [0.5, 0.6) is 5.75 Å². The lowest BCUT2D eigenvalue weighted by molar-refractivity contribution is 0.0508. The Morgan fingerprint density at radius 3 is 2.48 bits per heavy atom. The van der Waals surface area contributed by atoms with E-state index in [0.29, 0.717) is 25.4 Å². The molecule has 1 heterocycles. The summed E-state index contributed by atoms with van der Waals surface area (Å²) in [5.74, 6) is 0.774. The monoisotopic (exact) mass is 419 g/mol. The normalized spacial score (nSPS) is 16.1. The molecular formula is C20H25N3O5S. The molecule has 8 nitrogen and oxygen atoms in total. The van der Waals surface area contributed by atoms with Crippen molar-refractivity contribution in [2.45, 2.75) is 23.2 Å². The molecule has 0 saturated carbocycles. The molecule has 29 heavy (non-hydrogen) atoms. The Kier molecular flexibility index (Phi) is 6.41. The van der Waals surface area contributed by atoms with Gasteiger partial charge in [-0.1, -0.05) is 18.2 Å². The van der Waals surface area contributed by atoms with E-state index in [9.17, 15) is 13.2 Å². The summed E-state index contributed by atoms with van der Waals surface area (Å²) in [4.78, 5) is 12.4. The van der Waals surface area contributed by atoms with Crippen molar-refractivity contribution < 1.29 is 22.7 Å². The van der Waals surface area contributed by atoms with E-state index < -0.39 is 16.1 Å². The van der Waals surface area contributed by atoms with Crippen molar-refractivity contribution in [2.24, 2.45) is 5.14 Å². The fourth-order valence-electron chi connectivity index (χ4n) is 3.45. The molecular weight excluding hydrogens is 394 g/mol. The van der Waals surface area contributed by atoms with Gasteiger partial charge in [0.25, 0.3) is 0 Å². The molecule has 9 heteroatoms. The van der Waals surface area contributed by atoms with Crippen LogP contribution in [0.3, 0.4) is 0 Å². The first-order chi connectivity index (χ1) is 13.8. The van der Waals surface area contributed by atoms with Gasteiger partial charge in [0.2, 0.25) is 10.0 Å². The van der Waals surface area contributed by atoms with Gasteiger partial charge in [-0.05, 0) is 48.7 Å². The van der Waals surface area contributed by atoms with Crippen molar-refractivity contribution in [3.05, 3.63) is 54.1 Å². The molecule has 156 valence electrons. The number of anilines is 1. The molecule has 4 N–H and O–H groups in total. The third-order valence-electron chi connectivity index (χ3n) is 5.16. The summed E-state index contributed by atoms with van der Waals surface area (Å²) in [6, 6.07) is 13.2. The first-order valence-electron chi connectivity index (χ1n) is 9.22. The molecule has 0 aromatic heterocycles. The van der Waals surface area contributed by atoms with Gasteiger partial charge in [0.15, 0.2) is 0 Å². The van der Waals surface area contributed by atoms with Crippen LogP contribution in [0.4, 0.5) is 10.5 Å². The number of nitrogens with one attached hydrogen (secondary N) is 2. The summed E-state index contributed by atoms with van der Waals surface area (Å²) in [6.07, 6.45) is 1.56. The van der Waals surface area contributed by atoms with Crippen molar-refractivity contribution in [3.8, 4) is 5.75 Å². The van der Waals surface area contributed by atoms with Crippen LogP contribution in [-0.2, 0) is 20.2 Å². The van der Waals surface area contributed by atoms with E-state index in [1.165, 1.54) is 18.2 Å². The summed E-state index contributed by atoms with van der Waals surface area (Å²) in [5, 5.41) is 10.7. The van der Waals surface area contributed by atoms with Crippen LogP contribution in [0.15, 0.2) is 53.4 Å². The van der Waals surface area contributed by atoms with Gasteiger partial charge in [0.05, 0.1) is 12.0 Å². The van der Waals surface area contributed by atoms with Gasteiger partial charge in [0, 0.05) is 30.9 Å². The number of hydrogen-bond acceptors (Lipinski definition) is 5. The first kappa shape index (κ1) is 21.1. The highest BCUT2D eigenvalue weighted by Gasteiger charge is 2.35. The van der Waals surface area contributed by atoms with Crippen molar-refractivity contribution in [2.75, 3.05) is 32.2 Å². The minimum Gasteiger partial charge on any atom is -0.497 e. The van der Waals surface area contributed by atoms with Crippen LogP contribution in [0.1, 0.15) is 18.4 Å². The van der Waals surface area contributed by atoms with E-state index in [0.717, 1.165) is 24.2 Å². The largest absolute Gasteiger partial charge is 0.497 e. The minimum atomic E-state index is -3.84. The summed E-state index contributed by atoms with van der Waals surface area (Å²) in [6.45, 7) is 1.65. The number of carbonyl (C=O) groups excluding carboxylic acids is 1. The van der Waals surface area contributed by atoms with E-state index in [1.807, 2.05) is 24.3 Å². The summed E-state index contributed by atoms with van der Waals surface area (Å²) in [5.41, 5.74) is 1.21. The number of amides is 2. The zero-order chi connectivity index (χ0) is 20.9. The van der Waals surface area contributed by atoms with Crippen molar-refractivity contribution in [1.82, 2.24) is 5.32 Å². The molecule has 1 aliphatic rings. The molecule has 0 bridgehead atoms. The molecule has 1 aliphatic heterocycles. The summed E-state index contributed by atoms with van der Waals surface area (Å²) >= 11 is 0. The average molecular weight is 420 g/mol. The maximum Gasteiger partial charge on any atom is 0.319 e. The maximum atomic E-state index is 12.4. The fraction of sp³-hybridized carbons (Fsp3) is 0.350. The third-order valence-corrected chi connectivity index (χ3v) is 6.07. The minimum absolute atomic E-state index is 0.0607. The number of ether oxygens (including phenoxy) is 2. The van der Waals surface area contributed by atoms with Gasteiger partial charge in [-0.25, -0.2) is 18.4 Å². The van der Waals surface area contributed by atoms with Gasteiger partial charge in [0.1, 0.15) is 5.75 Å². The SMILES string of the molecule is COc1ccc(C2(CNC(=O)Nc3cccc(S(N)(=O)=O)c3)CCOCC2)cc1. The number of methoxy groups -OCH3 is 1. The lowest BCUT2D eigenvalue weighted by Crippen LogP contribution is -2.45. The van der Waals surface area contributed by atoms with Crippen LogP contribution in [0, 0.1) is 0 Å². The van der Waals surface area contributed by atoms with Crippen molar-refractivity contribution in [3.63, 3.8) is 0 Å². The molecule has 1 fully saturated rings. The van der Waals surface area contributed by atoms with Gasteiger partial charge in [-0.15, -0.1) is 0 Å². The Labute approximate surface area is 170 Å². The number of urea groups is 1. The Balaban J connectivity index is 1.70. The highest BCUT2D eigenvalue weighted by atomic mass is 32.2. The van der Waals surface area contributed by atoms with E-state index >= 15 is 0 Å². The lowest BCUT2D eigenvalue weighted by atomic mass is 9.74. The predicted molar refractivity (Wildman–Crippen MR) is 110 cm³/mol. The smallest absolute Gasteiger partial charge is 0.319 e. The summed E-state index contributed by atoms with van der Waals surface area (Å²) < 4.78 is 33.7. The van der Waals surface area contributed by atoms with Crippen LogP contribution in [-0.4, -0.2) is 41.3 Å². The molecule has 2 aromatic carbocycles. The molecule has 0 radical (unpaired) electrons. The van der Waals surface area contributed by atoms with Crippen molar-refractivity contribution >= 4 is 21.7 Å². The average Bonchev–Trinajstić information content (AvgIpc) is 2.73. The zero-order valence-corrected chi connectivity index (χ0v) is 17.0. The number of hydrogen-bond donors (Lipinski definition) is 3. The Morgan fingerprint density at radius 2 is 1.86 bits per heavy atom. The van der Waals surface area contributed by atoms with Gasteiger partial charge < -0.3 is 20.1 Å². The van der Waals surface area contributed by atoms with Crippen LogP contribution in [0.25, 0.3) is 0 Å². The quantitative estimate of drug-likeness (QED) is 0.663. The van der Waals surface area contributed by atoms with Gasteiger partial charge in [-0.3, -0.25) is 0 Å². The highest BCUT2D eigenvalue weighted by molar-refractivity contribution is 7.89. The second-order valence-electron chi connectivity index (χ2n) is 7.00. The van der Waals surface area contributed by atoms with E-state index in [2.05, 4.69) is 10.6 Å². The topological polar surface area (TPSA) is 120 Å². The molecule has 0 aliphatic carbocycles. The molecule has 1 saturated heterocycles. The number of benzene rings is 2. The third kappa shape index (κ3) is 5.26. The molecule has 0 spiro atoms. The maximum absolute atomic E-state index is 12.4. The molecule has 2 amide bonds. The molecule has 2 aromatic rings. The number of carbonyl (C=O) groups is 1. The fourth-order valence-corrected chi connectivity index (χ4v) is 4.01. The molecule has 0 atom stereocenters. The summed E-state index contributed by atoms with van der Waals surface area (Å²) in [7, 11) is -2.22. The van der Waals surface area contributed by atoms with E-state index in [1.54, 1.807) is 13.2 Å². The van der Waals surface area contributed by atoms with Crippen LogP contribution >= 0.6 is 0 Å². The Morgan fingerprint density at radius 1 is 1.17 bits per heavy atom. The highest BCUT2D eigenvalue weighted by Crippen LogP contribution is 2.35. The second-order valence-corrected chi connectivity index (χ2v) is 8.56. The van der Waals surface area contributed by atoms with Crippen molar-refractivity contribution in [1.29, 1.82) is 0 Å². The van der Waals surface area contributed by atoms with Crippen LogP contribution < -0.4 is 20.5 Å². The standard InChI is InChI=1S/C20H25N3O5S/c1-27-17-7-5-15(6-8-17)20(9-11-28-12-10-20)14-22-19(24)23-16-3-2-4-18(13-16)29(21,25)26/h2-8,13H,9-12,14H2,1H3,(H2,21,25,26)(H2,22,23,24). The first-order valence-corrected chi connectivity index (χ1v) is 10.8. The Bertz CT molecular complexity index is 954. The van der Waals surface area contributed by atoms with E-state index in [-0.39, 0.29) is 10.3 Å². The van der Waals surface area contributed by atoms with Gasteiger partial charge in [-0.2, -0.15) is 0 Å². The van der Waals surface area contributed by atoms with Crippen LogP contribution in [0.2, 0.25) is 0 Å². The zero-order valence-electron chi connectivity index (χ0n) is 16.2. The lowest BCUT2D eigenvalue weighted by Gasteiger charge is -2.38. The van der Waals surface area contributed by atoms with Gasteiger partial charge >= 0.3 is 6.03 Å². The second kappa shape index (κ2) is 8.81. The Hall–Kier alpha value is -2.62. The number of primary sulfonamides is 1. The molecule has 0 unspecified atom stereocenters. The molecule has 3 rings (SSSR count). The number of nitrogens with two attached hydrogens (primary N) is 1. The predicted octanol–water partition coefficient (Wildman–Crippen LogP) is 2.21. The number of sulfonamides is 1. The van der Waals surface area contributed by atoms with E-state index in [4.69, 9.17) is 14.6 Å². The number of rotatable bonds is 6.